The molecule has 4 N–H and O–H groups in total. The van der Waals surface area contributed by atoms with Gasteiger partial charge in [0.25, 0.3) is 5.91 Å². The van der Waals surface area contributed by atoms with Crippen LogP contribution in [0.25, 0.3) is 0 Å². The molecule has 0 aliphatic carbocycles. The van der Waals surface area contributed by atoms with Crippen LogP contribution in [0.3, 0.4) is 0 Å². The average Bonchev–Trinajstić information content (AvgIpc) is 2.63. The van der Waals surface area contributed by atoms with E-state index in [1.807, 2.05) is 0 Å². The van der Waals surface area contributed by atoms with Crippen LogP contribution in [0.15, 0.2) is 18.2 Å². The molecule has 0 aliphatic rings. The summed E-state index contributed by atoms with van der Waals surface area (Å²) in [4.78, 5) is 15.8. The lowest BCUT2D eigenvalue weighted by molar-refractivity contribution is 0.102. The van der Waals surface area contributed by atoms with E-state index in [1.165, 1.54) is 6.07 Å². The molecule has 2 aromatic rings. The Labute approximate surface area is 102 Å². The zero-order valence-corrected chi connectivity index (χ0v) is 9.75. The van der Waals surface area contributed by atoms with E-state index >= 15 is 0 Å². The molecule has 0 spiro atoms. The van der Waals surface area contributed by atoms with Crippen molar-refractivity contribution in [3.8, 4) is 0 Å². The lowest BCUT2D eigenvalue weighted by atomic mass is 10.2. The van der Waals surface area contributed by atoms with Crippen LogP contribution in [-0.2, 0) is 0 Å². The minimum Gasteiger partial charge on any atom is -0.399 e. The minimum absolute atomic E-state index is 0.209. The van der Waals surface area contributed by atoms with Gasteiger partial charge < -0.3 is 5.73 Å². The lowest BCUT2D eigenvalue weighted by Gasteiger charge is -2.04. The molecule has 1 aromatic heterocycles. The number of nitrogen functional groups attached to an aromatic ring is 1. The molecule has 0 fully saturated rings. The second kappa shape index (κ2) is 4.42. The Bertz CT molecular complexity index is 566. The van der Waals surface area contributed by atoms with Gasteiger partial charge in [0, 0.05) is 5.69 Å². The normalized spacial score (nSPS) is 10.2. The number of nitrogens with zero attached hydrogens (tertiary/aromatic N) is 2. The smallest absolute Gasteiger partial charge is 0.259 e. The number of nitrogens with one attached hydrogen (secondary N) is 2. The van der Waals surface area contributed by atoms with Gasteiger partial charge in [0.2, 0.25) is 5.95 Å². The molecule has 2 rings (SSSR count). The van der Waals surface area contributed by atoms with Gasteiger partial charge >= 0.3 is 0 Å². The van der Waals surface area contributed by atoms with Crippen molar-refractivity contribution in [2.45, 2.75) is 6.92 Å². The summed E-state index contributed by atoms with van der Waals surface area (Å²) in [5.74, 6) is 0.443. The Morgan fingerprint density at radius 1 is 1.53 bits per heavy atom. The highest BCUT2D eigenvalue weighted by molar-refractivity contribution is 6.34. The third-order valence-corrected chi connectivity index (χ3v) is 2.37. The van der Waals surface area contributed by atoms with E-state index in [4.69, 9.17) is 17.3 Å². The van der Waals surface area contributed by atoms with E-state index in [9.17, 15) is 4.79 Å². The minimum atomic E-state index is -0.381. The maximum atomic E-state index is 11.8. The number of H-pyrrole nitrogens is 1. The Kier molecular flexibility index (Phi) is 2.97. The molecule has 0 aliphatic heterocycles. The summed E-state index contributed by atoms with van der Waals surface area (Å²) in [6.45, 7) is 1.73. The molecular weight excluding hydrogens is 242 g/mol. The van der Waals surface area contributed by atoms with Crippen molar-refractivity contribution in [3.63, 3.8) is 0 Å². The van der Waals surface area contributed by atoms with Gasteiger partial charge in [0.1, 0.15) is 5.82 Å². The highest BCUT2D eigenvalue weighted by atomic mass is 35.5. The van der Waals surface area contributed by atoms with Gasteiger partial charge in [-0.1, -0.05) is 11.6 Å². The number of rotatable bonds is 2. The molecule has 0 saturated heterocycles. The zero-order chi connectivity index (χ0) is 12.4. The molecule has 1 heterocycles. The fraction of sp³-hybridized carbons (Fsp3) is 0.100. The summed E-state index contributed by atoms with van der Waals surface area (Å²) in [5.41, 5.74) is 6.36. The summed E-state index contributed by atoms with van der Waals surface area (Å²) >= 11 is 5.91. The van der Waals surface area contributed by atoms with Crippen LogP contribution < -0.4 is 11.1 Å². The molecule has 6 nitrogen and oxygen atoms in total. The predicted octanol–water partition coefficient (Wildman–Crippen LogP) is 1.60. The molecule has 7 heteroatoms. The summed E-state index contributed by atoms with van der Waals surface area (Å²) < 4.78 is 0. The molecule has 0 unspecified atom stereocenters. The second-order valence-electron chi connectivity index (χ2n) is 3.44. The summed E-state index contributed by atoms with van der Waals surface area (Å²) in [6, 6.07) is 4.66. The van der Waals surface area contributed by atoms with Crippen molar-refractivity contribution in [2.24, 2.45) is 0 Å². The van der Waals surface area contributed by atoms with Crippen LogP contribution >= 0.6 is 11.6 Å². The van der Waals surface area contributed by atoms with E-state index in [-0.39, 0.29) is 16.9 Å². The summed E-state index contributed by atoms with van der Waals surface area (Å²) in [6.07, 6.45) is 0. The second-order valence-corrected chi connectivity index (χ2v) is 3.85. The fourth-order valence-corrected chi connectivity index (χ4v) is 1.56. The SMILES string of the molecule is Cc1nc(NC(=O)c2ccc(N)cc2Cl)n[nH]1. The quantitative estimate of drug-likeness (QED) is 0.706. The van der Waals surface area contributed by atoms with Crippen molar-refractivity contribution in [1.29, 1.82) is 0 Å². The number of halogens is 1. The van der Waals surface area contributed by atoms with Gasteiger partial charge in [-0.05, 0) is 25.1 Å². The van der Waals surface area contributed by atoms with Crippen LogP contribution in [0.2, 0.25) is 5.02 Å². The van der Waals surface area contributed by atoms with E-state index in [0.29, 0.717) is 17.1 Å². The molecule has 0 radical (unpaired) electrons. The number of aryl methyl sites for hydroxylation is 1. The standard InChI is InChI=1S/C10H10ClN5O/c1-5-13-10(16-15-5)14-9(17)7-3-2-6(12)4-8(7)11/h2-4H,12H2,1H3,(H2,13,14,15,16,17). The molecule has 0 atom stereocenters. The van der Waals surface area contributed by atoms with Gasteiger partial charge in [-0.25, -0.2) is 0 Å². The number of anilines is 2. The van der Waals surface area contributed by atoms with E-state index in [2.05, 4.69) is 20.5 Å². The van der Waals surface area contributed by atoms with E-state index < -0.39 is 0 Å². The highest BCUT2D eigenvalue weighted by Gasteiger charge is 2.12. The Morgan fingerprint density at radius 3 is 2.88 bits per heavy atom. The zero-order valence-electron chi connectivity index (χ0n) is 8.99. The first-order valence-corrected chi connectivity index (χ1v) is 5.19. The van der Waals surface area contributed by atoms with Crippen molar-refractivity contribution in [2.75, 3.05) is 11.1 Å². The average molecular weight is 252 g/mol. The number of aromatic amines is 1. The molecule has 1 amide bonds. The first-order chi connectivity index (χ1) is 8.06. The summed E-state index contributed by atoms with van der Waals surface area (Å²) in [5, 5.41) is 9.22. The fourth-order valence-electron chi connectivity index (χ4n) is 1.28. The first-order valence-electron chi connectivity index (χ1n) is 4.81. The van der Waals surface area contributed by atoms with E-state index in [1.54, 1.807) is 19.1 Å². The van der Waals surface area contributed by atoms with Crippen LogP contribution in [0.5, 0.6) is 0 Å². The van der Waals surface area contributed by atoms with Crippen LogP contribution in [0.1, 0.15) is 16.2 Å². The van der Waals surface area contributed by atoms with Crippen molar-refractivity contribution >= 4 is 29.1 Å². The number of carbonyl (C=O) groups excluding carboxylic acids is 1. The number of hydrogen-bond donors (Lipinski definition) is 3. The Balaban J connectivity index is 2.20. The predicted molar refractivity (Wildman–Crippen MR) is 64.9 cm³/mol. The number of carbonyl (C=O) groups is 1. The molecule has 1 aromatic carbocycles. The van der Waals surface area contributed by atoms with Crippen molar-refractivity contribution in [1.82, 2.24) is 15.2 Å². The van der Waals surface area contributed by atoms with E-state index in [0.717, 1.165) is 0 Å². The van der Waals surface area contributed by atoms with Gasteiger partial charge in [-0.2, -0.15) is 4.98 Å². The van der Waals surface area contributed by atoms with Gasteiger partial charge in [0.15, 0.2) is 0 Å². The number of amides is 1. The molecule has 0 bridgehead atoms. The molecule has 88 valence electrons. The number of nitrogens with two attached hydrogens (primary N) is 1. The molecule has 0 saturated carbocycles. The Morgan fingerprint density at radius 2 is 2.29 bits per heavy atom. The van der Waals surface area contributed by atoms with Crippen LogP contribution in [0, 0.1) is 6.92 Å². The van der Waals surface area contributed by atoms with Gasteiger partial charge in [0.05, 0.1) is 10.6 Å². The lowest BCUT2D eigenvalue weighted by Crippen LogP contribution is -2.13. The third kappa shape index (κ3) is 2.54. The van der Waals surface area contributed by atoms with Crippen molar-refractivity contribution in [3.05, 3.63) is 34.6 Å². The largest absolute Gasteiger partial charge is 0.399 e. The van der Waals surface area contributed by atoms with Crippen LogP contribution in [0.4, 0.5) is 11.6 Å². The maximum Gasteiger partial charge on any atom is 0.259 e. The monoisotopic (exact) mass is 251 g/mol. The number of aromatic nitrogens is 3. The molecule has 17 heavy (non-hydrogen) atoms. The molecular formula is C10H10ClN5O. The van der Waals surface area contributed by atoms with Gasteiger partial charge in [-0.15, -0.1) is 5.10 Å². The van der Waals surface area contributed by atoms with Crippen LogP contribution in [-0.4, -0.2) is 21.1 Å². The maximum absolute atomic E-state index is 11.8. The number of hydrogen-bond acceptors (Lipinski definition) is 4. The first kappa shape index (κ1) is 11.4. The number of benzene rings is 1. The van der Waals surface area contributed by atoms with Gasteiger partial charge in [-0.3, -0.25) is 15.2 Å². The Hall–Kier alpha value is -2.08. The summed E-state index contributed by atoms with van der Waals surface area (Å²) in [7, 11) is 0. The third-order valence-electron chi connectivity index (χ3n) is 2.06. The topological polar surface area (TPSA) is 96.7 Å². The highest BCUT2D eigenvalue weighted by Crippen LogP contribution is 2.19. The van der Waals surface area contributed by atoms with Crippen molar-refractivity contribution < 1.29 is 4.79 Å².